The molecule has 1 N–H and O–H groups in total. The zero-order chi connectivity index (χ0) is 18.0. The highest BCUT2D eigenvalue weighted by Gasteiger charge is 2.34. The van der Waals surface area contributed by atoms with Crippen LogP contribution >= 0.6 is 0 Å². The fourth-order valence-corrected chi connectivity index (χ4v) is 3.17. The van der Waals surface area contributed by atoms with Crippen LogP contribution in [0.25, 0.3) is 0 Å². The van der Waals surface area contributed by atoms with Gasteiger partial charge in [0.15, 0.2) is 0 Å². The van der Waals surface area contributed by atoms with Crippen molar-refractivity contribution in [2.24, 2.45) is 0 Å². The number of amides is 2. The van der Waals surface area contributed by atoms with E-state index < -0.39 is 17.5 Å². The highest BCUT2D eigenvalue weighted by Crippen LogP contribution is 2.15. The molecule has 0 spiro atoms. The van der Waals surface area contributed by atoms with Crippen LogP contribution in [0.3, 0.4) is 0 Å². The molecule has 3 rings (SSSR count). The first-order chi connectivity index (χ1) is 12.0. The molecule has 136 valence electrons. The zero-order valence-electron chi connectivity index (χ0n) is 14.0. The predicted molar refractivity (Wildman–Crippen MR) is 86.0 cm³/mol. The second-order valence-corrected chi connectivity index (χ2v) is 6.25. The quantitative estimate of drug-likeness (QED) is 0.847. The van der Waals surface area contributed by atoms with Crippen LogP contribution in [0.4, 0.5) is 8.78 Å². The Balaban J connectivity index is 1.59. The molecule has 2 aliphatic rings. The number of halogens is 2. The molecule has 0 saturated carbocycles. The van der Waals surface area contributed by atoms with Crippen molar-refractivity contribution in [2.75, 3.05) is 39.3 Å². The number of hydrogen-bond donors (Lipinski definition) is 1. The fourth-order valence-electron chi connectivity index (χ4n) is 3.17. The van der Waals surface area contributed by atoms with Gasteiger partial charge in [0.1, 0.15) is 17.7 Å². The van der Waals surface area contributed by atoms with Crippen molar-refractivity contribution in [1.29, 1.82) is 0 Å². The first-order valence-corrected chi connectivity index (χ1v) is 8.35. The molecule has 0 aromatic heterocycles. The highest BCUT2D eigenvalue weighted by atomic mass is 19.1. The summed E-state index contributed by atoms with van der Waals surface area (Å²) in [5.41, 5.74) is -0.155. The number of rotatable bonds is 2. The van der Waals surface area contributed by atoms with Crippen molar-refractivity contribution >= 4 is 11.8 Å². The number of benzene rings is 1. The van der Waals surface area contributed by atoms with Gasteiger partial charge in [-0.2, -0.15) is 0 Å². The number of morpholine rings is 1. The molecule has 2 saturated heterocycles. The molecule has 2 aliphatic heterocycles. The summed E-state index contributed by atoms with van der Waals surface area (Å²) in [6, 6.07) is 2.52. The van der Waals surface area contributed by atoms with E-state index in [-0.39, 0.29) is 23.6 Å². The Morgan fingerprint density at radius 1 is 1.16 bits per heavy atom. The van der Waals surface area contributed by atoms with Crippen LogP contribution in [0, 0.1) is 11.6 Å². The minimum Gasteiger partial charge on any atom is -0.375 e. The lowest BCUT2D eigenvalue weighted by atomic mass is 10.1. The number of hydrogen-bond acceptors (Lipinski definition) is 4. The Morgan fingerprint density at radius 3 is 2.48 bits per heavy atom. The molecule has 0 aliphatic carbocycles. The molecule has 6 nitrogen and oxygen atoms in total. The molecular formula is C17H21F2N3O3. The first-order valence-electron chi connectivity index (χ1n) is 8.35. The Labute approximate surface area is 144 Å². The topological polar surface area (TPSA) is 61.9 Å². The van der Waals surface area contributed by atoms with E-state index in [4.69, 9.17) is 4.74 Å². The van der Waals surface area contributed by atoms with Gasteiger partial charge in [-0.1, -0.05) is 0 Å². The third kappa shape index (κ3) is 3.80. The molecule has 2 amide bonds. The number of carbonyl (C=O) groups is 2. The summed E-state index contributed by atoms with van der Waals surface area (Å²) in [5, 5.41) is 3.16. The molecular weight excluding hydrogens is 332 g/mol. The standard InChI is InChI=1S/C17H21F2N3O3/c1-11-15(20-4-9-25-11)17(24)22-7-5-21(6-8-22)16(23)13-3-2-12(18)10-14(13)19/h2-3,10-11,15,20H,4-9H2,1H3/t11-,15+/m1/s1. The van der Waals surface area contributed by atoms with Gasteiger partial charge >= 0.3 is 0 Å². The molecule has 2 heterocycles. The summed E-state index contributed by atoms with van der Waals surface area (Å²) in [7, 11) is 0. The second-order valence-electron chi connectivity index (χ2n) is 6.25. The smallest absolute Gasteiger partial charge is 0.256 e. The second kappa shape index (κ2) is 7.45. The Hall–Kier alpha value is -2.06. The van der Waals surface area contributed by atoms with E-state index in [1.807, 2.05) is 6.92 Å². The van der Waals surface area contributed by atoms with Crippen molar-refractivity contribution < 1.29 is 23.1 Å². The van der Waals surface area contributed by atoms with Crippen LogP contribution in [-0.4, -0.2) is 73.1 Å². The molecule has 1 aromatic carbocycles. The average Bonchev–Trinajstić information content (AvgIpc) is 2.61. The normalized spacial score (nSPS) is 24.3. The van der Waals surface area contributed by atoms with Crippen LogP contribution in [0.5, 0.6) is 0 Å². The van der Waals surface area contributed by atoms with Gasteiger partial charge in [-0.3, -0.25) is 9.59 Å². The van der Waals surface area contributed by atoms with Crippen LogP contribution in [-0.2, 0) is 9.53 Å². The maximum absolute atomic E-state index is 13.8. The predicted octanol–water partition coefficient (Wildman–Crippen LogP) is 0.626. The molecule has 0 radical (unpaired) electrons. The van der Waals surface area contributed by atoms with Gasteiger partial charge < -0.3 is 19.9 Å². The Bertz CT molecular complexity index is 663. The summed E-state index contributed by atoms with van der Waals surface area (Å²) in [6.45, 7) is 4.43. The number of piperazine rings is 1. The van der Waals surface area contributed by atoms with Crippen LogP contribution in [0.1, 0.15) is 17.3 Å². The van der Waals surface area contributed by atoms with Crippen molar-refractivity contribution in [3.05, 3.63) is 35.4 Å². The van der Waals surface area contributed by atoms with E-state index in [9.17, 15) is 18.4 Å². The van der Waals surface area contributed by atoms with E-state index in [0.29, 0.717) is 45.4 Å². The first kappa shape index (κ1) is 17.8. The maximum Gasteiger partial charge on any atom is 0.256 e. The number of nitrogens with zero attached hydrogens (tertiary/aromatic N) is 2. The molecule has 0 bridgehead atoms. The number of ether oxygens (including phenoxy) is 1. The lowest BCUT2D eigenvalue weighted by Crippen LogP contribution is -2.60. The third-order valence-electron chi connectivity index (χ3n) is 4.62. The van der Waals surface area contributed by atoms with Crippen molar-refractivity contribution in [1.82, 2.24) is 15.1 Å². The van der Waals surface area contributed by atoms with E-state index in [0.717, 1.165) is 12.1 Å². The minimum absolute atomic E-state index is 0.0488. The molecule has 25 heavy (non-hydrogen) atoms. The lowest BCUT2D eigenvalue weighted by molar-refractivity contribution is -0.140. The molecule has 0 unspecified atom stereocenters. The van der Waals surface area contributed by atoms with Crippen molar-refractivity contribution in [3.63, 3.8) is 0 Å². The third-order valence-corrected chi connectivity index (χ3v) is 4.62. The van der Waals surface area contributed by atoms with Crippen LogP contribution < -0.4 is 5.32 Å². The summed E-state index contributed by atoms with van der Waals surface area (Å²) < 4.78 is 32.2. The number of nitrogens with one attached hydrogen (secondary N) is 1. The summed E-state index contributed by atoms with van der Waals surface area (Å²) in [4.78, 5) is 28.1. The van der Waals surface area contributed by atoms with E-state index in [1.165, 1.54) is 4.90 Å². The van der Waals surface area contributed by atoms with E-state index in [2.05, 4.69) is 5.32 Å². The number of carbonyl (C=O) groups excluding carboxylic acids is 2. The zero-order valence-corrected chi connectivity index (χ0v) is 14.0. The lowest BCUT2D eigenvalue weighted by Gasteiger charge is -2.38. The molecule has 2 fully saturated rings. The largest absolute Gasteiger partial charge is 0.375 e. The van der Waals surface area contributed by atoms with Gasteiger partial charge in [-0.15, -0.1) is 0 Å². The van der Waals surface area contributed by atoms with Gasteiger partial charge in [-0.05, 0) is 19.1 Å². The minimum atomic E-state index is -0.874. The average molecular weight is 353 g/mol. The maximum atomic E-state index is 13.8. The monoisotopic (exact) mass is 353 g/mol. The van der Waals surface area contributed by atoms with E-state index in [1.54, 1.807) is 4.90 Å². The highest BCUT2D eigenvalue weighted by molar-refractivity contribution is 5.94. The summed E-state index contributed by atoms with van der Waals surface area (Å²) >= 11 is 0. The van der Waals surface area contributed by atoms with Crippen LogP contribution in [0.15, 0.2) is 18.2 Å². The van der Waals surface area contributed by atoms with Gasteiger partial charge in [-0.25, -0.2) is 8.78 Å². The van der Waals surface area contributed by atoms with Crippen LogP contribution in [0.2, 0.25) is 0 Å². The Morgan fingerprint density at radius 2 is 1.84 bits per heavy atom. The molecule has 2 atom stereocenters. The van der Waals surface area contributed by atoms with Crippen molar-refractivity contribution in [3.8, 4) is 0 Å². The van der Waals surface area contributed by atoms with Crippen molar-refractivity contribution in [2.45, 2.75) is 19.1 Å². The van der Waals surface area contributed by atoms with Gasteiger partial charge in [0.2, 0.25) is 5.91 Å². The van der Waals surface area contributed by atoms with Gasteiger partial charge in [0.05, 0.1) is 18.3 Å². The van der Waals surface area contributed by atoms with Gasteiger partial charge in [0, 0.05) is 38.8 Å². The SMILES string of the molecule is C[C@H]1OCCN[C@@H]1C(=O)N1CCN(C(=O)c2ccc(F)cc2F)CC1. The molecule has 1 aromatic rings. The van der Waals surface area contributed by atoms with E-state index >= 15 is 0 Å². The fraction of sp³-hybridized carbons (Fsp3) is 0.529. The summed E-state index contributed by atoms with van der Waals surface area (Å²) in [5.74, 6) is -2.13. The Kier molecular flexibility index (Phi) is 5.29. The van der Waals surface area contributed by atoms with Gasteiger partial charge in [0.25, 0.3) is 5.91 Å². The molecule has 8 heteroatoms. The summed E-state index contributed by atoms with van der Waals surface area (Å²) in [6.07, 6.45) is -0.200.